The van der Waals surface area contributed by atoms with Crippen LogP contribution < -0.4 is 0 Å². The number of allylic oxidation sites excluding steroid dienone is 1. The fourth-order valence-electron chi connectivity index (χ4n) is 2.75. The van der Waals surface area contributed by atoms with Crippen LogP contribution in [0, 0.1) is 11.3 Å². The largest absolute Gasteiger partial charge is 0.390 e. The molecular formula is C12H20O4. The number of hydrogen-bond acceptors (Lipinski definition) is 4. The zero-order valence-corrected chi connectivity index (χ0v) is 9.47. The van der Waals surface area contributed by atoms with Gasteiger partial charge in [-0.15, -0.1) is 0 Å². The Labute approximate surface area is 95.9 Å². The molecular weight excluding hydrogens is 208 g/mol. The lowest BCUT2D eigenvalue weighted by Crippen LogP contribution is -2.34. The highest BCUT2D eigenvalue weighted by atomic mass is 16.6. The van der Waals surface area contributed by atoms with Crippen LogP contribution >= 0.6 is 0 Å². The molecule has 4 heteroatoms. The summed E-state index contributed by atoms with van der Waals surface area (Å²) in [6.45, 7) is 0.863. The molecule has 92 valence electrons. The average molecular weight is 228 g/mol. The van der Waals surface area contributed by atoms with E-state index in [4.69, 9.17) is 14.6 Å². The van der Waals surface area contributed by atoms with E-state index in [-0.39, 0.29) is 12.2 Å². The van der Waals surface area contributed by atoms with Crippen LogP contribution in [0.25, 0.3) is 0 Å². The summed E-state index contributed by atoms with van der Waals surface area (Å²) in [5, 5.41) is 18.5. The Hall–Kier alpha value is -0.420. The van der Waals surface area contributed by atoms with Gasteiger partial charge in [-0.2, -0.15) is 0 Å². The Balaban J connectivity index is 1.68. The second-order valence-electron chi connectivity index (χ2n) is 4.72. The van der Waals surface area contributed by atoms with Gasteiger partial charge in [-0.25, -0.2) is 0 Å². The number of aliphatic hydroxyl groups excluding tert-OH is 2. The highest BCUT2D eigenvalue weighted by molar-refractivity contribution is 5.18. The Kier molecular flexibility index (Phi) is 3.97. The molecule has 2 bridgehead atoms. The van der Waals surface area contributed by atoms with Crippen molar-refractivity contribution in [1.29, 1.82) is 0 Å². The maximum Gasteiger partial charge on any atom is 0.143 e. The summed E-state index contributed by atoms with van der Waals surface area (Å²) < 4.78 is 10.1. The maximum absolute atomic E-state index is 10.1. The Morgan fingerprint density at radius 3 is 2.75 bits per heavy atom. The fraction of sp³-hybridized carbons (Fsp3) is 0.833. The molecule has 4 nitrogen and oxygen atoms in total. The van der Waals surface area contributed by atoms with Gasteiger partial charge in [0.25, 0.3) is 0 Å². The lowest BCUT2D eigenvalue weighted by molar-refractivity contribution is -0.0574. The van der Waals surface area contributed by atoms with Crippen LogP contribution in [-0.4, -0.2) is 42.9 Å². The molecule has 2 N–H and O–H groups in total. The van der Waals surface area contributed by atoms with Crippen molar-refractivity contribution in [1.82, 2.24) is 0 Å². The second-order valence-corrected chi connectivity index (χ2v) is 4.72. The van der Waals surface area contributed by atoms with Crippen molar-refractivity contribution in [2.45, 2.75) is 25.4 Å². The molecule has 2 rings (SSSR count). The highest BCUT2D eigenvalue weighted by Gasteiger charge is 2.45. The summed E-state index contributed by atoms with van der Waals surface area (Å²) in [6.07, 6.45) is 7.32. The third kappa shape index (κ3) is 2.46. The molecule has 3 unspecified atom stereocenters. The minimum Gasteiger partial charge on any atom is -0.390 e. The molecule has 0 aromatic rings. The SMILES string of the molecule is OCOCCOCC(O)C12C=CC(CC1)C2. The summed E-state index contributed by atoms with van der Waals surface area (Å²) in [7, 11) is 0. The van der Waals surface area contributed by atoms with Crippen molar-refractivity contribution < 1.29 is 19.7 Å². The van der Waals surface area contributed by atoms with Crippen molar-refractivity contribution in [2.75, 3.05) is 26.6 Å². The van der Waals surface area contributed by atoms with Crippen LogP contribution in [0.15, 0.2) is 12.2 Å². The molecule has 1 fully saturated rings. The maximum atomic E-state index is 10.1. The monoisotopic (exact) mass is 228 g/mol. The van der Waals surface area contributed by atoms with Crippen molar-refractivity contribution in [3.8, 4) is 0 Å². The van der Waals surface area contributed by atoms with E-state index in [9.17, 15) is 5.11 Å². The van der Waals surface area contributed by atoms with Gasteiger partial charge in [0.2, 0.25) is 0 Å². The number of rotatable bonds is 7. The van der Waals surface area contributed by atoms with Gasteiger partial charge in [0.15, 0.2) is 0 Å². The number of hydrogen-bond donors (Lipinski definition) is 2. The van der Waals surface area contributed by atoms with Crippen LogP contribution in [0.4, 0.5) is 0 Å². The van der Waals surface area contributed by atoms with E-state index in [1.807, 2.05) is 0 Å². The van der Waals surface area contributed by atoms with Gasteiger partial charge in [0.05, 0.1) is 25.9 Å². The Morgan fingerprint density at radius 2 is 2.19 bits per heavy atom. The van der Waals surface area contributed by atoms with E-state index in [0.717, 1.165) is 12.8 Å². The van der Waals surface area contributed by atoms with E-state index in [0.29, 0.717) is 25.7 Å². The molecule has 0 heterocycles. The lowest BCUT2D eigenvalue weighted by atomic mass is 9.82. The first-order chi connectivity index (χ1) is 7.77. The second kappa shape index (κ2) is 5.27. The van der Waals surface area contributed by atoms with Gasteiger partial charge in [-0.3, -0.25) is 0 Å². The Morgan fingerprint density at radius 1 is 1.38 bits per heavy atom. The molecule has 0 amide bonds. The summed E-state index contributed by atoms with van der Waals surface area (Å²) in [6, 6.07) is 0. The van der Waals surface area contributed by atoms with Crippen molar-refractivity contribution in [3.05, 3.63) is 12.2 Å². The summed E-state index contributed by atoms with van der Waals surface area (Å²) in [5.41, 5.74) is -0.0253. The van der Waals surface area contributed by atoms with Crippen molar-refractivity contribution in [2.24, 2.45) is 11.3 Å². The van der Waals surface area contributed by atoms with Gasteiger partial charge in [-0.05, 0) is 25.2 Å². The first-order valence-corrected chi connectivity index (χ1v) is 5.90. The van der Waals surface area contributed by atoms with Crippen LogP contribution in [0.3, 0.4) is 0 Å². The van der Waals surface area contributed by atoms with E-state index >= 15 is 0 Å². The van der Waals surface area contributed by atoms with Crippen LogP contribution in [0.5, 0.6) is 0 Å². The molecule has 1 saturated carbocycles. The molecule has 16 heavy (non-hydrogen) atoms. The topological polar surface area (TPSA) is 58.9 Å². The van der Waals surface area contributed by atoms with Gasteiger partial charge < -0.3 is 19.7 Å². The molecule has 0 aliphatic heterocycles. The molecule has 0 saturated heterocycles. The normalized spacial score (nSPS) is 33.5. The zero-order valence-electron chi connectivity index (χ0n) is 9.47. The molecule has 2 aliphatic carbocycles. The smallest absolute Gasteiger partial charge is 0.143 e. The zero-order chi connectivity index (χ0) is 11.4. The molecule has 3 atom stereocenters. The third-order valence-corrected chi connectivity index (χ3v) is 3.73. The molecule has 2 aliphatic rings. The van der Waals surface area contributed by atoms with Gasteiger partial charge in [0, 0.05) is 5.41 Å². The quantitative estimate of drug-likeness (QED) is 0.382. The van der Waals surface area contributed by atoms with Crippen LogP contribution in [0.1, 0.15) is 19.3 Å². The average Bonchev–Trinajstić information content (AvgIpc) is 2.90. The van der Waals surface area contributed by atoms with Crippen molar-refractivity contribution >= 4 is 0 Å². The number of fused-ring (bicyclic) bond motifs is 2. The van der Waals surface area contributed by atoms with E-state index in [1.54, 1.807) is 0 Å². The minimum absolute atomic E-state index is 0.0253. The van der Waals surface area contributed by atoms with E-state index in [2.05, 4.69) is 12.2 Å². The van der Waals surface area contributed by atoms with E-state index < -0.39 is 6.10 Å². The summed E-state index contributed by atoms with van der Waals surface area (Å²) in [5.74, 6) is 0.673. The van der Waals surface area contributed by atoms with Crippen LogP contribution in [0.2, 0.25) is 0 Å². The summed E-state index contributed by atoms with van der Waals surface area (Å²) in [4.78, 5) is 0. The summed E-state index contributed by atoms with van der Waals surface area (Å²) >= 11 is 0. The fourth-order valence-corrected chi connectivity index (χ4v) is 2.75. The van der Waals surface area contributed by atoms with E-state index in [1.165, 1.54) is 6.42 Å². The third-order valence-electron chi connectivity index (χ3n) is 3.73. The first-order valence-electron chi connectivity index (χ1n) is 5.90. The number of aliphatic hydroxyl groups is 2. The Bertz CT molecular complexity index is 253. The van der Waals surface area contributed by atoms with Gasteiger partial charge >= 0.3 is 0 Å². The lowest BCUT2D eigenvalue weighted by Gasteiger charge is -2.29. The van der Waals surface area contributed by atoms with Crippen LogP contribution in [-0.2, 0) is 9.47 Å². The van der Waals surface area contributed by atoms with Crippen molar-refractivity contribution in [3.63, 3.8) is 0 Å². The minimum atomic E-state index is -0.412. The molecule has 0 aromatic heterocycles. The first kappa shape index (κ1) is 12.0. The molecule has 0 spiro atoms. The predicted octanol–water partition coefficient (Wildman–Crippen LogP) is 0.687. The van der Waals surface area contributed by atoms with Gasteiger partial charge in [0.1, 0.15) is 6.79 Å². The predicted molar refractivity (Wildman–Crippen MR) is 58.8 cm³/mol. The molecule has 0 aromatic carbocycles. The standard InChI is InChI=1S/C12H20O4/c13-9-16-6-5-15-8-11(14)12-3-1-10(7-12)2-4-12/h1,3,10-11,13-14H,2,4-9H2. The number of ether oxygens (including phenoxy) is 2. The molecule has 0 radical (unpaired) electrons. The highest BCUT2D eigenvalue weighted by Crippen LogP contribution is 2.51. The van der Waals surface area contributed by atoms with Gasteiger partial charge in [-0.1, -0.05) is 12.2 Å².